The van der Waals surface area contributed by atoms with E-state index < -0.39 is 0 Å². The van der Waals surface area contributed by atoms with E-state index in [1.165, 1.54) is 0 Å². The Morgan fingerprint density at radius 2 is 1.94 bits per heavy atom. The first-order chi connectivity index (χ1) is 7.34. The molecule has 0 unspecified atom stereocenters. The van der Waals surface area contributed by atoms with E-state index in [-0.39, 0.29) is 16.7 Å². The lowest BCUT2D eigenvalue weighted by Crippen LogP contribution is -2.43. The van der Waals surface area contributed by atoms with Gasteiger partial charge in [-0.05, 0) is 31.2 Å². The van der Waals surface area contributed by atoms with Gasteiger partial charge >= 0.3 is 0 Å². The normalized spacial score (nSPS) is 18.6. The van der Waals surface area contributed by atoms with Gasteiger partial charge in [-0.25, -0.2) is 0 Å². The van der Waals surface area contributed by atoms with Gasteiger partial charge in [0.15, 0.2) is 0 Å². The summed E-state index contributed by atoms with van der Waals surface area (Å²) in [5.41, 5.74) is 0.0766. The monoisotopic (exact) mass is 226 g/mol. The van der Waals surface area contributed by atoms with E-state index in [2.05, 4.69) is 38.3 Å². The minimum absolute atomic E-state index is 0.0954. The molecule has 0 spiro atoms. The quantitative estimate of drug-likeness (QED) is 0.725. The first-order valence-electron chi connectivity index (χ1n) is 6.27. The second kappa shape index (κ2) is 4.74. The molecule has 0 saturated heterocycles. The molecule has 2 N–H and O–H groups in total. The number of nitrogens with one attached hydrogen (secondary N) is 2. The molecule has 0 aliphatic heterocycles. The van der Waals surface area contributed by atoms with Gasteiger partial charge in [0.2, 0.25) is 5.91 Å². The molecule has 0 heterocycles. The van der Waals surface area contributed by atoms with Crippen molar-refractivity contribution in [3.8, 4) is 0 Å². The smallest absolute Gasteiger partial charge is 0.227 e. The van der Waals surface area contributed by atoms with E-state index >= 15 is 0 Å². The van der Waals surface area contributed by atoms with Crippen molar-refractivity contribution in [2.75, 3.05) is 20.1 Å². The van der Waals surface area contributed by atoms with Crippen LogP contribution in [0.5, 0.6) is 0 Å². The zero-order valence-electron chi connectivity index (χ0n) is 11.3. The molecule has 0 bridgehead atoms. The summed E-state index contributed by atoms with van der Waals surface area (Å²) in [5.74, 6) is 0.808. The van der Waals surface area contributed by atoms with E-state index in [9.17, 15) is 4.79 Å². The molecule has 0 atom stereocenters. The highest BCUT2D eigenvalue weighted by atomic mass is 16.2. The first-order valence-corrected chi connectivity index (χ1v) is 6.27. The molecule has 1 amide bonds. The molecule has 1 saturated carbocycles. The molecule has 1 fully saturated rings. The van der Waals surface area contributed by atoms with Crippen molar-refractivity contribution in [3.63, 3.8) is 0 Å². The van der Waals surface area contributed by atoms with Crippen molar-refractivity contribution in [3.05, 3.63) is 0 Å². The maximum Gasteiger partial charge on any atom is 0.227 e. The van der Waals surface area contributed by atoms with Gasteiger partial charge in [-0.15, -0.1) is 0 Å². The summed E-state index contributed by atoms with van der Waals surface area (Å²) in [6.45, 7) is 10.4. The molecule has 3 heteroatoms. The Kier molecular flexibility index (Phi) is 4.00. The van der Waals surface area contributed by atoms with Crippen molar-refractivity contribution >= 4 is 5.91 Å². The van der Waals surface area contributed by atoms with Crippen LogP contribution in [0.25, 0.3) is 0 Å². The fourth-order valence-electron chi connectivity index (χ4n) is 1.67. The number of hydrogen-bond donors (Lipinski definition) is 2. The molecule has 0 radical (unpaired) electrons. The predicted molar refractivity (Wildman–Crippen MR) is 67.2 cm³/mol. The molecular weight excluding hydrogens is 200 g/mol. The zero-order chi connectivity index (χ0) is 12.4. The van der Waals surface area contributed by atoms with Crippen molar-refractivity contribution < 1.29 is 4.79 Å². The van der Waals surface area contributed by atoms with Crippen molar-refractivity contribution in [2.24, 2.45) is 16.7 Å². The standard InChI is InChI=1S/C13H26N2O/c1-10(2)12(3,4)8-15-11(16)13(6-7-13)9-14-5/h10,14H,6-9H2,1-5H3,(H,15,16). The van der Waals surface area contributed by atoms with E-state index in [0.29, 0.717) is 5.92 Å². The summed E-state index contributed by atoms with van der Waals surface area (Å²) >= 11 is 0. The van der Waals surface area contributed by atoms with Gasteiger partial charge in [-0.2, -0.15) is 0 Å². The molecule has 1 rings (SSSR count). The zero-order valence-corrected chi connectivity index (χ0v) is 11.3. The molecule has 1 aliphatic rings. The van der Waals surface area contributed by atoms with E-state index in [4.69, 9.17) is 0 Å². The summed E-state index contributed by atoms with van der Waals surface area (Å²) in [5, 5.41) is 6.22. The van der Waals surface area contributed by atoms with Gasteiger partial charge in [0.05, 0.1) is 5.41 Å². The van der Waals surface area contributed by atoms with Crippen molar-refractivity contribution in [1.29, 1.82) is 0 Å². The third-order valence-electron chi connectivity index (χ3n) is 4.12. The SMILES string of the molecule is CNCC1(C(=O)NCC(C)(C)C(C)C)CC1. The van der Waals surface area contributed by atoms with E-state index in [0.717, 1.165) is 25.9 Å². The molecular formula is C13H26N2O. The number of carbonyl (C=O) groups is 1. The number of rotatable bonds is 6. The number of hydrogen-bond acceptors (Lipinski definition) is 2. The fraction of sp³-hybridized carbons (Fsp3) is 0.923. The average molecular weight is 226 g/mol. The molecule has 16 heavy (non-hydrogen) atoms. The molecule has 1 aliphatic carbocycles. The van der Waals surface area contributed by atoms with Crippen molar-refractivity contribution in [2.45, 2.75) is 40.5 Å². The highest BCUT2D eigenvalue weighted by Crippen LogP contribution is 2.45. The second-order valence-electron chi connectivity index (χ2n) is 6.14. The molecule has 0 aromatic rings. The third kappa shape index (κ3) is 2.97. The van der Waals surface area contributed by atoms with Gasteiger partial charge in [0.1, 0.15) is 0 Å². The Bertz CT molecular complexity index is 255. The van der Waals surface area contributed by atoms with Crippen LogP contribution in [-0.2, 0) is 4.79 Å². The van der Waals surface area contributed by atoms with Crippen LogP contribution in [0.3, 0.4) is 0 Å². The Balaban J connectivity index is 2.41. The summed E-state index contributed by atoms with van der Waals surface area (Å²) in [7, 11) is 1.91. The minimum atomic E-state index is -0.0954. The lowest BCUT2D eigenvalue weighted by atomic mass is 9.81. The molecule has 3 nitrogen and oxygen atoms in total. The van der Waals surface area contributed by atoms with Crippen molar-refractivity contribution in [1.82, 2.24) is 10.6 Å². The van der Waals surface area contributed by atoms with Crippen LogP contribution in [0, 0.1) is 16.7 Å². The summed E-state index contributed by atoms with van der Waals surface area (Å²) < 4.78 is 0. The van der Waals surface area contributed by atoms with Gasteiger partial charge < -0.3 is 10.6 Å². The first kappa shape index (κ1) is 13.5. The number of amides is 1. The Labute approximate surface area is 99.4 Å². The Hall–Kier alpha value is -0.570. The van der Waals surface area contributed by atoms with E-state index in [1.54, 1.807) is 0 Å². The number of carbonyl (C=O) groups excluding carboxylic acids is 1. The molecule has 0 aromatic heterocycles. The summed E-state index contributed by atoms with van der Waals surface area (Å²) in [6, 6.07) is 0. The lowest BCUT2D eigenvalue weighted by molar-refractivity contribution is -0.126. The van der Waals surface area contributed by atoms with Crippen LogP contribution in [0.4, 0.5) is 0 Å². The second-order valence-corrected chi connectivity index (χ2v) is 6.14. The third-order valence-corrected chi connectivity index (χ3v) is 4.12. The fourth-order valence-corrected chi connectivity index (χ4v) is 1.67. The van der Waals surface area contributed by atoms with Gasteiger partial charge in [0, 0.05) is 13.1 Å². The predicted octanol–water partition coefficient (Wildman–Crippen LogP) is 1.78. The largest absolute Gasteiger partial charge is 0.355 e. The summed E-state index contributed by atoms with van der Waals surface area (Å²) in [6.07, 6.45) is 2.06. The van der Waals surface area contributed by atoms with Gasteiger partial charge in [-0.1, -0.05) is 27.7 Å². The van der Waals surface area contributed by atoms with Crippen LogP contribution >= 0.6 is 0 Å². The molecule has 94 valence electrons. The van der Waals surface area contributed by atoms with Gasteiger partial charge in [-0.3, -0.25) is 4.79 Å². The van der Waals surface area contributed by atoms with Crippen LogP contribution in [0.1, 0.15) is 40.5 Å². The lowest BCUT2D eigenvalue weighted by Gasteiger charge is -2.30. The van der Waals surface area contributed by atoms with Crippen LogP contribution in [-0.4, -0.2) is 26.0 Å². The summed E-state index contributed by atoms with van der Waals surface area (Å²) in [4.78, 5) is 12.0. The topological polar surface area (TPSA) is 41.1 Å². The maximum atomic E-state index is 12.0. The van der Waals surface area contributed by atoms with Crippen LogP contribution in [0.15, 0.2) is 0 Å². The average Bonchev–Trinajstić information content (AvgIpc) is 2.96. The Morgan fingerprint density at radius 1 is 1.38 bits per heavy atom. The maximum absolute atomic E-state index is 12.0. The van der Waals surface area contributed by atoms with E-state index in [1.807, 2.05) is 7.05 Å². The minimum Gasteiger partial charge on any atom is -0.355 e. The van der Waals surface area contributed by atoms with Crippen LogP contribution in [0.2, 0.25) is 0 Å². The molecule has 0 aromatic carbocycles. The highest BCUT2D eigenvalue weighted by Gasteiger charge is 2.49. The van der Waals surface area contributed by atoms with Gasteiger partial charge in [0.25, 0.3) is 0 Å². The van der Waals surface area contributed by atoms with Crippen LogP contribution < -0.4 is 10.6 Å². The highest BCUT2D eigenvalue weighted by molar-refractivity contribution is 5.85. The Morgan fingerprint density at radius 3 is 2.31 bits per heavy atom.